The van der Waals surface area contributed by atoms with Crippen LogP contribution in [0.1, 0.15) is 362 Å². The van der Waals surface area contributed by atoms with Gasteiger partial charge in [-0.05, 0) is 75.9 Å². The molecule has 482 valence electrons. The zero-order chi connectivity index (χ0) is 57.6. The van der Waals surface area contributed by atoms with E-state index in [2.05, 4.69) is 77.7 Å². The molecular weight excluding hydrogens is 1020 g/mol. The average Bonchev–Trinajstić information content (AvgIpc) is 3.50. The van der Waals surface area contributed by atoms with E-state index in [4.69, 9.17) is 0 Å². The van der Waals surface area contributed by atoms with Gasteiger partial charge < -0.3 is 9.80 Å². The van der Waals surface area contributed by atoms with Gasteiger partial charge in [-0.3, -0.25) is 9.80 Å². The lowest BCUT2D eigenvalue weighted by molar-refractivity contribution is 0.0113. The van der Waals surface area contributed by atoms with Crippen LogP contribution in [0.2, 0.25) is 0 Å². The topological polar surface area (TPSA) is 13.0 Å². The van der Waals surface area contributed by atoms with Crippen molar-refractivity contribution in [2.24, 2.45) is 17.8 Å². The average molecular weight is 1170 g/mol. The summed E-state index contributed by atoms with van der Waals surface area (Å²) in [4.78, 5) is 12.1. The van der Waals surface area contributed by atoms with Gasteiger partial charge in [0.1, 0.15) is 0 Å². The van der Waals surface area contributed by atoms with Crippen molar-refractivity contribution in [3.05, 3.63) is 0 Å². The Morgan fingerprint density at radius 3 is 0.975 bits per heavy atom. The number of rotatable bonds is 60. The molecule has 0 aromatic carbocycles. The molecule has 1 heterocycles. The van der Waals surface area contributed by atoms with E-state index in [1.165, 1.54) is 416 Å². The first-order valence-electron chi connectivity index (χ1n) is 38.1. The molecule has 3 unspecified atom stereocenters. The Kier molecular flexibility index (Phi) is 53.3. The smallest absolute Gasteiger partial charge is 0.0226 e. The minimum atomic E-state index is 0.768. The molecule has 0 aromatic rings. The number of unbranched alkanes of at least 4 members (excludes halogenated alkanes) is 34. The van der Waals surface area contributed by atoms with Crippen LogP contribution in [0, 0.1) is 17.8 Å². The van der Waals surface area contributed by atoms with Gasteiger partial charge in [-0.2, -0.15) is 23.5 Å². The van der Waals surface area contributed by atoms with Gasteiger partial charge in [0.2, 0.25) is 0 Å². The zero-order valence-electron chi connectivity index (χ0n) is 56.5. The van der Waals surface area contributed by atoms with Crippen LogP contribution in [0.3, 0.4) is 0 Å². The van der Waals surface area contributed by atoms with Gasteiger partial charge in [-0.25, -0.2) is 0 Å². The largest absolute Gasteiger partial charge is 0.303 e. The molecular formula is C75H150N4S2. The Morgan fingerprint density at radius 1 is 0.333 bits per heavy atom. The quantitative estimate of drug-likeness (QED) is 0.0559. The molecule has 3 rings (SSSR count). The first-order chi connectivity index (χ1) is 40.1. The van der Waals surface area contributed by atoms with Crippen molar-refractivity contribution in [2.45, 2.75) is 374 Å². The number of thioether (sulfide) groups is 2. The zero-order valence-corrected chi connectivity index (χ0v) is 58.1. The molecule has 0 N–H and O–H groups in total. The Labute approximate surface area is 520 Å². The van der Waals surface area contributed by atoms with Crippen LogP contribution >= 0.6 is 23.5 Å². The second kappa shape index (κ2) is 57.0. The van der Waals surface area contributed by atoms with E-state index in [1.807, 2.05) is 0 Å². The van der Waals surface area contributed by atoms with Crippen molar-refractivity contribution in [3.63, 3.8) is 0 Å². The molecule has 0 bridgehead atoms. The van der Waals surface area contributed by atoms with Crippen LogP contribution in [0.5, 0.6) is 0 Å². The van der Waals surface area contributed by atoms with Gasteiger partial charge in [0.05, 0.1) is 0 Å². The van der Waals surface area contributed by atoms with Crippen LogP contribution in [-0.2, 0) is 0 Å². The number of hydrogen-bond donors (Lipinski definition) is 0. The highest BCUT2D eigenvalue weighted by Crippen LogP contribution is 2.34. The molecule has 1 aliphatic heterocycles. The second-order valence-electron chi connectivity index (χ2n) is 28.1. The van der Waals surface area contributed by atoms with Gasteiger partial charge in [-0.15, -0.1) is 0 Å². The van der Waals surface area contributed by atoms with Crippen LogP contribution in [0.25, 0.3) is 0 Å². The van der Waals surface area contributed by atoms with E-state index in [0.29, 0.717) is 0 Å². The number of hydrogen-bond acceptors (Lipinski definition) is 6. The first-order valence-corrected chi connectivity index (χ1v) is 40.4. The molecule has 0 spiro atoms. The van der Waals surface area contributed by atoms with Crippen LogP contribution in [0.4, 0.5) is 0 Å². The molecule has 2 saturated carbocycles. The molecule has 6 heteroatoms. The van der Waals surface area contributed by atoms with Crippen molar-refractivity contribution in [1.29, 1.82) is 0 Å². The van der Waals surface area contributed by atoms with Crippen LogP contribution in [0.15, 0.2) is 0 Å². The summed E-state index contributed by atoms with van der Waals surface area (Å²) < 4.78 is 0. The summed E-state index contributed by atoms with van der Waals surface area (Å²) in [5.74, 6) is 8.10. The summed E-state index contributed by atoms with van der Waals surface area (Å²) in [5.41, 5.74) is 0. The molecule has 3 aliphatic rings. The van der Waals surface area contributed by atoms with Crippen LogP contribution < -0.4 is 0 Å². The fraction of sp³-hybridized carbons (Fsp3) is 1.00. The van der Waals surface area contributed by atoms with Gasteiger partial charge in [0.25, 0.3) is 0 Å². The molecule has 3 fully saturated rings. The molecule has 4 nitrogen and oxygen atoms in total. The van der Waals surface area contributed by atoms with Gasteiger partial charge in [-0.1, -0.05) is 324 Å². The Bertz CT molecular complexity index is 1230. The predicted octanol–water partition coefficient (Wildman–Crippen LogP) is 23.3. The molecule has 0 radical (unpaired) electrons. The standard InChI is InChI=1S/C75H150N4S2/c1-6-10-14-18-22-26-29-33-37-47-55-76(56-48-38-34-30-27-23-19-15-11-7-2)58-62-80-64-60-78-69-75(67-73-53-45-41-46-54-73)79(70-74(78)66-72-51-43-40-44-52-72)61-65-81-63-59-77(57-49-39-35-31-28-24-20-16-12-8-3)68-71(5)50-42-36-32-25-21-17-13-9-4/h71-75H,6-70H2,1-5H3. The van der Waals surface area contributed by atoms with E-state index in [1.54, 1.807) is 0 Å². The first kappa shape index (κ1) is 75.8. The summed E-state index contributed by atoms with van der Waals surface area (Å²) in [6, 6.07) is 1.54. The van der Waals surface area contributed by atoms with Crippen LogP contribution in [-0.4, -0.2) is 120 Å². The molecule has 1 saturated heterocycles. The molecule has 81 heavy (non-hydrogen) atoms. The van der Waals surface area contributed by atoms with Crippen molar-refractivity contribution >= 4 is 23.5 Å². The summed E-state index contributed by atoms with van der Waals surface area (Å²) in [6.07, 6.45) is 74.2. The third-order valence-electron chi connectivity index (χ3n) is 20.3. The summed E-state index contributed by atoms with van der Waals surface area (Å²) in [5, 5.41) is 0. The van der Waals surface area contributed by atoms with Crippen molar-refractivity contribution in [1.82, 2.24) is 19.6 Å². The minimum absolute atomic E-state index is 0.768. The summed E-state index contributed by atoms with van der Waals surface area (Å²) in [7, 11) is 0. The fourth-order valence-electron chi connectivity index (χ4n) is 14.9. The Balaban J connectivity index is 1.54. The lowest BCUT2D eigenvalue weighted by Crippen LogP contribution is -2.59. The number of nitrogens with zero attached hydrogens (tertiary/aromatic N) is 4. The third kappa shape index (κ3) is 43.8. The molecule has 3 atom stereocenters. The third-order valence-corrected chi connectivity index (χ3v) is 22.2. The molecule has 0 aromatic heterocycles. The van der Waals surface area contributed by atoms with Gasteiger partial charge in [0.15, 0.2) is 0 Å². The van der Waals surface area contributed by atoms with E-state index in [0.717, 1.165) is 29.8 Å². The SMILES string of the molecule is CCCCCCCCCCCCN(CCCCCCCCCCCC)CCSCCN1CC(CC2CCCCC2)N(CCSCCN(CCCCCCCCCCCC)CC(C)CCCCCCCCCC)CC1CC1CCCCC1. The lowest BCUT2D eigenvalue weighted by Gasteiger charge is -2.49. The highest BCUT2D eigenvalue weighted by atomic mass is 32.2. The van der Waals surface area contributed by atoms with Gasteiger partial charge in [0, 0.05) is 80.9 Å². The highest BCUT2D eigenvalue weighted by molar-refractivity contribution is 7.99. The number of piperazine rings is 1. The van der Waals surface area contributed by atoms with E-state index < -0.39 is 0 Å². The highest BCUT2D eigenvalue weighted by Gasteiger charge is 2.36. The van der Waals surface area contributed by atoms with Crippen molar-refractivity contribution in [2.75, 3.05) is 88.5 Å². The second-order valence-corrected chi connectivity index (χ2v) is 30.5. The Hall–Kier alpha value is 0.540. The molecule has 0 amide bonds. The normalized spacial score (nSPS) is 18.6. The Morgan fingerprint density at radius 2 is 0.630 bits per heavy atom. The maximum Gasteiger partial charge on any atom is 0.0226 e. The minimum Gasteiger partial charge on any atom is -0.303 e. The monoisotopic (exact) mass is 1170 g/mol. The van der Waals surface area contributed by atoms with E-state index in [9.17, 15) is 0 Å². The van der Waals surface area contributed by atoms with E-state index in [-0.39, 0.29) is 0 Å². The maximum atomic E-state index is 3.12. The fourth-order valence-corrected chi connectivity index (χ4v) is 16.8. The van der Waals surface area contributed by atoms with Crippen molar-refractivity contribution < 1.29 is 0 Å². The summed E-state index contributed by atoms with van der Waals surface area (Å²) >= 11 is 4.64. The predicted molar refractivity (Wildman–Crippen MR) is 373 cm³/mol. The maximum absolute atomic E-state index is 3.12. The molecule has 2 aliphatic carbocycles. The lowest BCUT2D eigenvalue weighted by atomic mass is 9.81. The van der Waals surface area contributed by atoms with E-state index >= 15 is 0 Å². The van der Waals surface area contributed by atoms with Crippen molar-refractivity contribution in [3.8, 4) is 0 Å². The van der Waals surface area contributed by atoms with Gasteiger partial charge >= 0.3 is 0 Å². The summed E-state index contributed by atoms with van der Waals surface area (Å²) in [6.45, 7) is 25.3.